The van der Waals surface area contributed by atoms with E-state index >= 15 is 0 Å². The van der Waals surface area contributed by atoms with Crippen LogP contribution in [0, 0.1) is 0 Å². The van der Waals surface area contributed by atoms with E-state index in [1.54, 1.807) is 67.6 Å². The molecule has 0 bridgehead atoms. The van der Waals surface area contributed by atoms with Gasteiger partial charge < -0.3 is 10.1 Å². The van der Waals surface area contributed by atoms with Crippen molar-refractivity contribution in [2.45, 2.75) is 30.7 Å². The van der Waals surface area contributed by atoms with Crippen LogP contribution in [0.15, 0.2) is 66.7 Å². The maximum Gasteiger partial charge on any atom is 0.421 e. The number of hydrogen-bond acceptors (Lipinski definition) is 4. The maximum atomic E-state index is 14.6. The van der Waals surface area contributed by atoms with Gasteiger partial charge in [-0.3, -0.25) is 9.59 Å². The highest BCUT2D eigenvalue weighted by Gasteiger charge is 2.64. The molecule has 6 nitrogen and oxygen atoms in total. The lowest BCUT2D eigenvalue weighted by Crippen LogP contribution is -2.58. The summed E-state index contributed by atoms with van der Waals surface area (Å²) in [4.78, 5) is 41.8. The lowest BCUT2D eigenvalue weighted by molar-refractivity contribution is -0.132. The van der Waals surface area contributed by atoms with Crippen LogP contribution in [0.1, 0.15) is 42.0 Å². The third-order valence-electron chi connectivity index (χ3n) is 6.81. The highest BCUT2D eigenvalue weighted by atomic mass is 35.5. The second kappa shape index (κ2) is 9.43. The van der Waals surface area contributed by atoms with Crippen LogP contribution in [0.2, 0.25) is 15.1 Å². The van der Waals surface area contributed by atoms with Crippen LogP contribution in [-0.4, -0.2) is 24.5 Å². The number of nitrogens with zero attached hydrogens (tertiary/aromatic N) is 1. The van der Waals surface area contributed by atoms with E-state index in [9.17, 15) is 14.4 Å². The number of fused-ring (bicyclic) bond motifs is 2. The van der Waals surface area contributed by atoms with Gasteiger partial charge in [-0.15, -0.1) is 0 Å². The second-order valence-electron chi connectivity index (χ2n) is 8.73. The third kappa shape index (κ3) is 3.84. The Morgan fingerprint density at radius 1 is 0.972 bits per heavy atom. The minimum Gasteiger partial charge on any atom is -0.449 e. The van der Waals surface area contributed by atoms with E-state index < -0.39 is 29.4 Å². The number of halogens is 3. The van der Waals surface area contributed by atoms with Gasteiger partial charge in [-0.25, -0.2) is 9.69 Å². The number of nitrogens with one attached hydrogen (secondary N) is 1. The van der Waals surface area contributed by atoms with Gasteiger partial charge in [0.05, 0.1) is 18.3 Å². The van der Waals surface area contributed by atoms with E-state index in [0.717, 1.165) is 4.90 Å². The predicted octanol–water partition coefficient (Wildman–Crippen LogP) is 6.43. The van der Waals surface area contributed by atoms with Gasteiger partial charge in [-0.1, -0.05) is 65.1 Å². The first-order valence-corrected chi connectivity index (χ1v) is 12.5. The molecule has 0 aromatic heterocycles. The number of amides is 3. The van der Waals surface area contributed by atoms with E-state index in [0.29, 0.717) is 37.4 Å². The molecule has 1 spiro atoms. The Balaban J connectivity index is 1.83. The van der Waals surface area contributed by atoms with E-state index in [1.807, 2.05) is 6.07 Å². The molecule has 3 atom stereocenters. The summed E-state index contributed by atoms with van der Waals surface area (Å²) in [7, 11) is 0. The first kappa shape index (κ1) is 24.6. The van der Waals surface area contributed by atoms with Crippen LogP contribution in [0.4, 0.5) is 10.5 Å². The highest BCUT2D eigenvalue weighted by Crippen LogP contribution is 2.59. The highest BCUT2D eigenvalue weighted by molar-refractivity contribution is 6.32. The second-order valence-corrected chi connectivity index (χ2v) is 10.0. The Morgan fingerprint density at radius 2 is 1.67 bits per heavy atom. The van der Waals surface area contributed by atoms with Crippen LogP contribution in [0.3, 0.4) is 0 Å². The molecule has 2 aliphatic rings. The molecule has 1 saturated heterocycles. The van der Waals surface area contributed by atoms with Crippen molar-refractivity contribution in [3.05, 3.63) is 98.5 Å². The van der Waals surface area contributed by atoms with Crippen molar-refractivity contribution in [3.63, 3.8) is 0 Å². The predicted molar refractivity (Wildman–Crippen MR) is 139 cm³/mol. The SMILES string of the molecule is CCOC(=O)N1C(=O)[C@]2(c3ccc(Cl)cc31)[C@@H](c1ccc(Cl)cc1)NC(=O)C[C@H]2c1cccc(Cl)c1. The van der Waals surface area contributed by atoms with Gasteiger partial charge in [0.2, 0.25) is 11.8 Å². The number of benzene rings is 3. The zero-order valence-electron chi connectivity index (χ0n) is 19.1. The molecule has 0 radical (unpaired) electrons. The number of piperidine rings is 1. The van der Waals surface area contributed by atoms with Crippen LogP contribution < -0.4 is 10.2 Å². The van der Waals surface area contributed by atoms with Crippen LogP contribution in [0.5, 0.6) is 0 Å². The molecule has 1 fully saturated rings. The van der Waals surface area contributed by atoms with Crippen LogP contribution >= 0.6 is 34.8 Å². The number of anilines is 1. The molecular formula is C27H21Cl3N2O4. The van der Waals surface area contributed by atoms with E-state index in [1.165, 1.54) is 0 Å². The largest absolute Gasteiger partial charge is 0.449 e. The number of hydrogen-bond donors (Lipinski definition) is 1. The van der Waals surface area contributed by atoms with Gasteiger partial charge in [0.25, 0.3) is 0 Å². The van der Waals surface area contributed by atoms with E-state index in [4.69, 9.17) is 39.5 Å². The topological polar surface area (TPSA) is 75.7 Å². The average Bonchev–Trinajstić information content (AvgIpc) is 3.09. The van der Waals surface area contributed by atoms with Gasteiger partial charge in [-0.05, 0) is 60.0 Å². The maximum absolute atomic E-state index is 14.6. The summed E-state index contributed by atoms with van der Waals surface area (Å²) in [5.41, 5.74) is 0.873. The van der Waals surface area contributed by atoms with E-state index in [-0.39, 0.29) is 18.9 Å². The molecular weight excluding hydrogens is 523 g/mol. The Bertz CT molecular complexity index is 1380. The zero-order chi connectivity index (χ0) is 25.6. The molecule has 2 aliphatic heterocycles. The molecule has 5 rings (SSSR count). The van der Waals surface area contributed by atoms with Gasteiger partial charge in [0.15, 0.2) is 0 Å². The van der Waals surface area contributed by atoms with Crippen molar-refractivity contribution in [1.82, 2.24) is 5.32 Å². The van der Waals surface area contributed by atoms with Crippen molar-refractivity contribution >= 4 is 58.4 Å². The quantitative estimate of drug-likeness (QED) is 0.413. The van der Waals surface area contributed by atoms with Crippen molar-refractivity contribution in [1.29, 1.82) is 0 Å². The molecule has 0 aliphatic carbocycles. The first-order chi connectivity index (χ1) is 17.3. The molecule has 0 saturated carbocycles. The summed E-state index contributed by atoms with van der Waals surface area (Å²) < 4.78 is 5.26. The number of carbonyl (C=O) groups is 3. The summed E-state index contributed by atoms with van der Waals surface area (Å²) in [5, 5.41) is 4.37. The lowest BCUT2D eigenvalue weighted by Gasteiger charge is -2.46. The molecule has 0 unspecified atom stereocenters. The number of rotatable bonds is 3. The Hall–Kier alpha value is -3.06. The third-order valence-corrected chi connectivity index (χ3v) is 7.53. The van der Waals surface area contributed by atoms with Crippen molar-refractivity contribution in [3.8, 4) is 0 Å². The zero-order valence-corrected chi connectivity index (χ0v) is 21.4. The summed E-state index contributed by atoms with van der Waals surface area (Å²) in [6, 6.07) is 18.2. The van der Waals surface area contributed by atoms with Gasteiger partial charge >= 0.3 is 6.09 Å². The molecule has 36 heavy (non-hydrogen) atoms. The lowest BCUT2D eigenvalue weighted by atomic mass is 9.59. The smallest absolute Gasteiger partial charge is 0.421 e. The summed E-state index contributed by atoms with van der Waals surface area (Å²) >= 11 is 18.8. The fourth-order valence-electron chi connectivity index (χ4n) is 5.42. The Labute approximate surface area is 223 Å². The number of ether oxygens (including phenoxy) is 1. The monoisotopic (exact) mass is 542 g/mol. The summed E-state index contributed by atoms with van der Waals surface area (Å²) in [5.74, 6) is -1.39. The van der Waals surface area contributed by atoms with Crippen molar-refractivity contribution < 1.29 is 19.1 Å². The standard InChI is InChI=1S/C27H21Cl3N2O4/c1-2-36-26(35)32-22-13-19(30)10-11-20(22)27(25(32)34)21(16-4-3-5-18(29)12-16)14-23(33)31-24(27)15-6-8-17(28)9-7-15/h3-13,21,24H,2,14H2,1H3,(H,31,33)/t21-,24+,27-/m0/s1. The van der Waals surface area contributed by atoms with E-state index in [2.05, 4.69) is 5.32 Å². The number of carbonyl (C=O) groups excluding carboxylic acids is 3. The van der Waals surface area contributed by atoms with Crippen molar-refractivity contribution in [2.75, 3.05) is 11.5 Å². The fraction of sp³-hybridized carbons (Fsp3) is 0.222. The summed E-state index contributed by atoms with van der Waals surface area (Å²) in [6.07, 6.45) is -0.797. The number of imide groups is 1. The molecule has 3 aromatic carbocycles. The fourth-order valence-corrected chi connectivity index (χ4v) is 5.91. The molecule has 9 heteroatoms. The van der Waals surface area contributed by atoms with Gasteiger partial charge in [0, 0.05) is 27.4 Å². The normalized spacial score (nSPS) is 22.9. The Kier molecular flexibility index (Phi) is 6.45. The summed E-state index contributed by atoms with van der Waals surface area (Å²) in [6.45, 7) is 1.75. The van der Waals surface area contributed by atoms with Crippen molar-refractivity contribution in [2.24, 2.45) is 0 Å². The van der Waals surface area contributed by atoms with Crippen LogP contribution in [-0.2, 0) is 19.7 Å². The molecule has 2 heterocycles. The molecule has 184 valence electrons. The molecule has 3 amide bonds. The molecule has 1 N–H and O–H groups in total. The Morgan fingerprint density at radius 3 is 2.36 bits per heavy atom. The first-order valence-electron chi connectivity index (χ1n) is 11.4. The minimum atomic E-state index is -1.39. The van der Waals surface area contributed by atoms with Gasteiger partial charge in [-0.2, -0.15) is 0 Å². The molecule has 3 aromatic rings. The van der Waals surface area contributed by atoms with Gasteiger partial charge in [0.1, 0.15) is 5.41 Å². The average molecular weight is 544 g/mol. The minimum absolute atomic E-state index is 0.00883. The van der Waals surface area contributed by atoms with Crippen LogP contribution in [0.25, 0.3) is 0 Å².